The number of halogens is 3. The number of aliphatic carboxylic acids is 1. The molecule has 204 valence electrons. The van der Waals surface area contributed by atoms with Gasteiger partial charge in [-0.15, -0.1) is 18.3 Å². The topological polar surface area (TPSA) is 115 Å². The van der Waals surface area contributed by atoms with Crippen LogP contribution >= 0.6 is 0 Å². The monoisotopic (exact) mass is 564 g/mol. The second-order valence-electron chi connectivity index (χ2n) is 8.55. The summed E-state index contributed by atoms with van der Waals surface area (Å²) in [5.74, 6) is -0.477. The molecular weight excluding hydrogens is 540 g/mol. The Kier molecular flexibility index (Phi) is 11.4. The van der Waals surface area contributed by atoms with Gasteiger partial charge in [0.25, 0.3) is 0 Å². The third-order valence-electron chi connectivity index (χ3n) is 5.44. The van der Waals surface area contributed by atoms with Crippen LogP contribution in [0.15, 0.2) is 65.4 Å². The Hall–Kier alpha value is -3.61. The van der Waals surface area contributed by atoms with Crippen LogP contribution in [0.5, 0.6) is 11.5 Å². The Bertz CT molecular complexity index is 1390. The first-order chi connectivity index (χ1) is 18.7. The first-order valence-corrected chi connectivity index (χ1v) is 12.0. The summed E-state index contributed by atoms with van der Waals surface area (Å²) in [6.45, 7) is -0.0974. The molecule has 13 heteroatoms. The molecule has 0 fully saturated rings. The summed E-state index contributed by atoms with van der Waals surface area (Å²) in [6.07, 6.45) is 5.06. The van der Waals surface area contributed by atoms with Crippen LogP contribution < -0.4 is 44.1 Å². The van der Waals surface area contributed by atoms with E-state index in [2.05, 4.69) is 20.0 Å². The van der Waals surface area contributed by atoms with E-state index in [1.165, 1.54) is 35.2 Å². The molecule has 0 amide bonds. The second-order valence-corrected chi connectivity index (χ2v) is 8.55. The van der Waals surface area contributed by atoms with Crippen molar-refractivity contribution in [2.24, 2.45) is 0 Å². The van der Waals surface area contributed by atoms with Crippen molar-refractivity contribution in [3.8, 4) is 11.5 Å². The molecule has 0 bridgehead atoms. The van der Waals surface area contributed by atoms with Crippen molar-refractivity contribution in [2.45, 2.75) is 45.2 Å². The number of hydrogen-bond donors (Lipinski definition) is 0. The molecule has 2 aromatic carbocycles. The van der Waals surface area contributed by atoms with Gasteiger partial charge in [0.2, 0.25) is 5.89 Å². The molecular formula is C27H24F3N4NaO5. The van der Waals surface area contributed by atoms with Crippen molar-refractivity contribution in [3.63, 3.8) is 0 Å². The number of carbonyl (C=O) groups excluding carboxylic acids is 1. The maximum Gasteiger partial charge on any atom is 1.00 e. The van der Waals surface area contributed by atoms with Crippen LogP contribution in [0.1, 0.15) is 41.2 Å². The average Bonchev–Trinajstić information content (AvgIpc) is 3.54. The summed E-state index contributed by atoms with van der Waals surface area (Å²) in [6, 6.07) is 13.2. The molecule has 4 aromatic rings. The molecule has 40 heavy (non-hydrogen) atoms. The van der Waals surface area contributed by atoms with Crippen LogP contribution in [-0.2, 0) is 30.8 Å². The molecule has 2 heterocycles. The molecule has 0 aliphatic heterocycles. The quantitative estimate of drug-likeness (QED) is 0.176. The number of carboxylic acid groups (broad SMARTS) is 1. The normalized spacial score (nSPS) is 11.4. The van der Waals surface area contributed by atoms with Crippen LogP contribution in [-0.4, -0.2) is 32.3 Å². The van der Waals surface area contributed by atoms with E-state index < -0.39 is 12.3 Å². The molecule has 0 spiro atoms. The minimum Gasteiger partial charge on any atom is -0.548 e. The van der Waals surface area contributed by atoms with Gasteiger partial charge in [0.1, 0.15) is 30.1 Å². The summed E-state index contributed by atoms with van der Waals surface area (Å²) in [5, 5.41) is 18.3. The summed E-state index contributed by atoms with van der Waals surface area (Å²) in [4.78, 5) is 14.9. The van der Waals surface area contributed by atoms with Crippen LogP contribution in [0, 0.1) is 0 Å². The Balaban J connectivity index is 0.00000441. The molecule has 0 saturated carbocycles. The zero-order chi connectivity index (χ0) is 27.7. The number of unbranched alkanes of at least 4 members (excludes halogenated alkanes) is 1. The van der Waals surface area contributed by atoms with E-state index in [0.29, 0.717) is 29.3 Å². The third kappa shape index (κ3) is 10.5. The van der Waals surface area contributed by atoms with Gasteiger partial charge in [-0.2, -0.15) is 0 Å². The fraction of sp³-hybridized carbons (Fsp3) is 0.259. The van der Waals surface area contributed by atoms with Gasteiger partial charge < -0.3 is 23.8 Å². The predicted octanol–water partition coefficient (Wildman–Crippen LogP) is 1.23. The molecule has 0 N–H and O–H groups in total. The number of oxazole rings is 1. The third-order valence-corrected chi connectivity index (χ3v) is 5.44. The fourth-order valence-electron chi connectivity index (χ4n) is 3.62. The van der Waals surface area contributed by atoms with Crippen molar-refractivity contribution in [1.82, 2.24) is 20.0 Å². The Labute approximate surface area is 249 Å². The molecule has 0 radical (unpaired) electrons. The number of carbonyl (C=O) groups is 1. The maximum atomic E-state index is 12.3. The number of rotatable bonds is 13. The zero-order valence-corrected chi connectivity index (χ0v) is 23.6. The van der Waals surface area contributed by atoms with Gasteiger partial charge in [-0.3, -0.25) is 0 Å². The number of hydrogen-bond acceptors (Lipinski definition) is 8. The standard InChI is InChI=1S/C27H25F3N4O5.Na/c28-27(29,30)39-24-12-7-20(8-13-24)9-14-25-31-22(18-38-25)17-37-23-10-5-19(6-11-23)3-1-2-4-21-15-34(33-32-21)16-26(35)36;/h5-15,18H,1-4,16-17H2,(H,35,36);/q;+1/p-1/b14-9+;. The van der Waals surface area contributed by atoms with Crippen molar-refractivity contribution in [3.05, 3.63) is 89.4 Å². The molecule has 9 nitrogen and oxygen atoms in total. The van der Waals surface area contributed by atoms with Crippen molar-refractivity contribution in [2.75, 3.05) is 0 Å². The van der Waals surface area contributed by atoms with Gasteiger partial charge >= 0.3 is 35.9 Å². The van der Waals surface area contributed by atoms with Crippen LogP contribution in [0.25, 0.3) is 12.2 Å². The molecule has 0 atom stereocenters. The Morgan fingerprint density at radius 1 is 0.975 bits per heavy atom. The molecule has 0 unspecified atom stereocenters. The van der Waals surface area contributed by atoms with Crippen LogP contribution in [0.3, 0.4) is 0 Å². The van der Waals surface area contributed by atoms with Gasteiger partial charge in [-0.05, 0) is 67.2 Å². The van der Waals surface area contributed by atoms with Crippen LogP contribution in [0.2, 0.25) is 0 Å². The van der Waals surface area contributed by atoms with E-state index in [1.54, 1.807) is 18.3 Å². The zero-order valence-electron chi connectivity index (χ0n) is 21.6. The average molecular weight is 564 g/mol. The Morgan fingerprint density at radius 3 is 2.38 bits per heavy atom. The summed E-state index contributed by atoms with van der Waals surface area (Å²) >= 11 is 0. The minimum absolute atomic E-state index is 0. The number of carboxylic acids is 1. The van der Waals surface area contributed by atoms with Crippen LogP contribution in [0.4, 0.5) is 13.2 Å². The van der Waals surface area contributed by atoms with E-state index in [9.17, 15) is 23.1 Å². The molecule has 0 aliphatic carbocycles. The van der Waals surface area contributed by atoms with Crippen molar-refractivity contribution in [1.29, 1.82) is 0 Å². The summed E-state index contributed by atoms with van der Waals surface area (Å²) in [5.41, 5.74) is 3.15. The van der Waals surface area contributed by atoms with Crippen molar-refractivity contribution >= 4 is 18.1 Å². The Morgan fingerprint density at radius 2 is 1.68 bits per heavy atom. The van der Waals surface area contributed by atoms with E-state index in [-0.39, 0.29) is 48.5 Å². The number of benzene rings is 2. The van der Waals surface area contributed by atoms with Gasteiger partial charge in [0.15, 0.2) is 0 Å². The van der Waals surface area contributed by atoms with Crippen molar-refractivity contribution < 1.29 is 66.5 Å². The first kappa shape index (κ1) is 30.9. The fourth-order valence-corrected chi connectivity index (χ4v) is 3.62. The first-order valence-electron chi connectivity index (χ1n) is 12.0. The maximum absolute atomic E-state index is 12.3. The predicted molar refractivity (Wildman–Crippen MR) is 131 cm³/mol. The number of alkyl halides is 3. The summed E-state index contributed by atoms with van der Waals surface area (Å²) < 4.78 is 53.0. The van der Waals surface area contributed by atoms with Gasteiger partial charge in [-0.25, -0.2) is 9.67 Å². The minimum atomic E-state index is -4.73. The van der Waals surface area contributed by atoms with Gasteiger partial charge in [0.05, 0.1) is 18.2 Å². The number of ether oxygens (including phenoxy) is 2. The van der Waals surface area contributed by atoms with E-state index in [0.717, 1.165) is 30.5 Å². The van der Waals surface area contributed by atoms with E-state index >= 15 is 0 Å². The number of nitrogens with zero attached hydrogens (tertiary/aromatic N) is 4. The largest absolute Gasteiger partial charge is 1.00 e. The smallest absolute Gasteiger partial charge is 0.548 e. The molecule has 4 rings (SSSR count). The molecule has 0 aliphatic rings. The second kappa shape index (κ2) is 14.7. The van der Waals surface area contributed by atoms with E-state index in [4.69, 9.17) is 9.15 Å². The van der Waals surface area contributed by atoms with Gasteiger partial charge in [-0.1, -0.05) is 29.5 Å². The number of aromatic nitrogens is 4. The number of aryl methyl sites for hydroxylation is 2. The van der Waals surface area contributed by atoms with Gasteiger partial charge in [0, 0.05) is 12.3 Å². The van der Waals surface area contributed by atoms with E-state index in [1.807, 2.05) is 24.3 Å². The SMILES string of the molecule is O=C([O-])Cn1cc(CCCCc2ccc(OCc3coc(/C=C/c4ccc(OC(F)(F)F)cc4)n3)cc2)nn1.[Na+]. The molecule has 0 saturated heterocycles. The summed E-state index contributed by atoms with van der Waals surface area (Å²) in [7, 11) is 0. The molecule has 2 aromatic heterocycles.